The molecule has 1 heterocycles. The first-order chi connectivity index (χ1) is 10.2. The molecule has 1 amide bonds. The van der Waals surface area contributed by atoms with Gasteiger partial charge < -0.3 is 10.1 Å². The van der Waals surface area contributed by atoms with Crippen LogP contribution in [-0.4, -0.2) is 22.3 Å². The zero-order valence-corrected chi connectivity index (χ0v) is 12.5. The van der Waals surface area contributed by atoms with E-state index in [-0.39, 0.29) is 11.9 Å². The van der Waals surface area contributed by atoms with Gasteiger partial charge in [0.2, 0.25) is 5.91 Å². The highest BCUT2D eigenvalue weighted by Crippen LogP contribution is 2.16. The second-order valence-corrected chi connectivity index (χ2v) is 4.88. The molecule has 0 radical (unpaired) electrons. The van der Waals surface area contributed by atoms with Gasteiger partial charge in [0.25, 0.3) is 0 Å². The first kappa shape index (κ1) is 15.1. The molecule has 0 aliphatic heterocycles. The van der Waals surface area contributed by atoms with Crippen LogP contribution in [0.4, 0.5) is 5.82 Å². The molecule has 112 valence electrons. The molecule has 1 N–H and O–H groups in total. The number of nitrogens with one attached hydrogen (secondary N) is 1. The van der Waals surface area contributed by atoms with Crippen LogP contribution in [0.3, 0.4) is 0 Å². The first-order valence-electron chi connectivity index (χ1n) is 7.22. The van der Waals surface area contributed by atoms with Crippen LogP contribution in [0, 0.1) is 0 Å². The Bertz CT molecular complexity index is 566. The Morgan fingerprint density at radius 2 is 2.10 bits per heavy atom. The first-order valence-corrected chi connectivity index (χ1v) is 7.22. The molecule has 1 aromatic carbocycles. The van der Waals surface area contributed by atoms with Gasteiger partial charge in [-0.05, 0) is 25.5 Å². The lowest BCUT2D eigenvalue weighted by Gasteiger charge is -2.14. The highest BCUT2D eigenvalue weighted by atomic mass is 16.5. The van der Waals surface area contributed by atoms with Crippen LogP contribution in [0.25, 0.3) is 0 Å². The number of aromatic nitrogens is 2. The lowest BCUT2D eigenvalue weighted by molar-refractivity contribution is -0.116. The maximum Gasteiger partial charge on any atom is 0.228 e. The fraction of sp³-hybridized carbons (Fsp3) is 0.375. The highest BCUT2D eigenvalue weighted by Gasteiger charge is 2.11. The summed E-state index contributed by atoms with van der Waals surface area (Å²) in [4.78, 5) is 11.9. The summed E-state index contributed by atoms with van der Waals surface area (Å²) in [6.07, 6.45) is 2.96. The molecule has 0 fully saturated rings. The van der Waals surface area contributed by atoms with Crippen LogP contribution >= 0.6 is 0 Å². The molecule has 0 saturated carbocycles. The summed E-state index contributed by atoms with van der Waals surface area (Å²) in [6.45, 7) is 4.51. The lowest BCUT2D eigenvalue weighted by Crippen LogP contribution is -2.19. The van der Waals surface area contributed by atoms with Crippen LogP contribution < -0.4 is 10.1 Å². The molecule has 0 aliphatic carbocycles. The van der Waals surface area contributed by atoms with E-state index in [1.807, 2.05) is 41.1 Å². The SMILES string of the molecule is CCC(C)n1nccc1NC(=O)CCOc1ccccc1. The van der Waals surface area contributed by atoms with Gasteiger partial charge in [0, 0.05) is 6.07 Å². The Morgan fingerprint density at radius 1 is 1.33 bits per heavy atom. The average molecular weight is 287 g/mol. The van der Waals surface area contributed by atoms with Crippen LogP contribution in [0.2, 0.25) is 0 Å². The zero-order valence-electron chi connectivity index (χ0n) is 12.5. The van der Waals surface area contributed by atoms with Crippen molar-refractivity contribution in [3.8, 4) is 5.75 Å². The minimum atomic E-state index is -0.0732. The summed E-state index contributed by atoms with van der Waals surface area (Å²) in [5, 5.41) is 7.11. The maximum atomic E-state index is 11.9. The molecule has 1 unspecified atom stereocenters. The Labute approximate surface area is 124 Å². The topological polar surface area (TPSA) is 56.2 Å². The quantitative estimate of drug-likeness (QED) is 0.850. The Balaban J connectivity index is 1.81. The molecule has 1 aromatic heterocycles. The van der Waals surface area contributed by atoms with Gasteiger partial charge in [0.05, 0.1) is 25.3 Å². The standard InChI is InChI=1S/C16H21N3O2/c1-3-13(2)19-15(9-11-17-19)18-16(20)10-12-21-14-7-5-4-6-8-14/h4-9,11,13H,3,10,12H2,1-2H3,(H,18,20). The van der Waals surface area contributed by atoms with Crippen molar-refractivity contribution in [2.75, 3.05) is 11.9 Å². The number of hydrogen-bond acceptors (Lipinski definition) is 3. The molecule has 0 bridgehead atoms. The van der Waals surface area contributed by atoms with Crippen molar-refractivity contribution in [3.05, 3.63) is 42.6 Å². The molecule has 0 spiro atoms. The Morgan fingerprint density at radius 3 is 2.81 bits per heavy atom. The summed E-state index contributed by atoms with van der Waals surface area (Å²) in [7, 11) is 0. The van der Waals surface area contributed by atoms with Crippen molar-refractivity contribution in [1.82, 2.24) is 9.78 Å². The number of ether oxygens (including phenoxy) is 1. The van der Waals surface area contributed by atoms with Gasteiger partial charge in [0.1, 0.15) is 11.6 Å². The zero-order chi connectivity index (χ0) is 15.1. The van der Waals surface area contributed by atoms with Gasteiger partial charge in [-0.1, -0.05) is 25.1 Å². The number of carbonyl (C=O) groups excluding carboxylic acids is 1. The van der Waals surface area contributed by atoms with Crippen molar-refractivity contribution in [3.63, 3.8) is 0 Å². The van der Waals surface area contributed by atoms with Crippen molar-refractivity contribution < 1.29 is 9.53 Å². The number of para-hydroxylation sites is 1. The monoisotopic (exact) mass is 287 g/mol. The lowest BCUT2D eigenvalue weighted by atomic mass is 10.3. The van der Waals surface area contributed by atoms with Crippen LogP contribution in [0.1, 0.15) is 32.7 Å². The second-order valence-electron chi connectivity index (χ2n) is 4.88. The molecular weight excluding hydrogens is 266 g/mol. The van der Waals surface area contributed by atoms with Gasteiger partial charge in [-0.25, -0.2) is 4.68 Å². The van der Waals surface area contributed by atoms with E-state index in [4.69, 9.17) is 4.74 Å². The fourth-order valence-corrected chi connectivity index (χ4v) is 1.92. The summed E-state index contributed by atoms with van der Waals surface area (Å²) >= 11 is 0. The van der Waals surface area contributed by atoms with Gasteiger partial charge in [-0.15, -0.1) is 0 Å². The van der Waals surface area contributed by atoms with E-state index in [9.17, 15) is 4.79 Å². The Hall–Kier alpha value is -2.30. The molecule has 1 atom stereocenters. The van der Waals surface area contributed by atoms with Crippen LogP contribution in [-0.2, 0) is 4.79 Å². The number of amides is 1. The molecule has 5 nitrogen and oxygen atoms in total. The molecule has 0 aliphatic rings. The number of rotatable bonds is 7. The average Bonchev–Trinajstić information content (AvgIpc) is 2.95. The van der Waals surface area contributed by atoms with E-state index in [1.54, 1.807) is 6.20 Å². The molecule has 2 rings (SSSR count). The largest absolute Gasteiger partial charge is 0.493 e. The Kier molecular flexibility index (Phi) is 5.37. The second kappa shape index (κ2) is 7.47. The third kappa shape index (κ3) is 4.34. The maximum absolute atomic E-state index is 11.9. The number of nitrogens with zero attached hydrogens (tertiary/aromatic N) is 2. The molecule has 5 heteroatoms. The third-order valence-electron chi connectivity index (χ3n) is 3.29. The number of hydrogen-bond donors (Lipinski definition) is 1. The minimum absolute atomic E-state index is 0.0732. The van der Waals surface area contributed by atoms with E-state index in [2.05, 4.69) is 24.3 Å². The predicted molar refractivity (Wildman–Crippen MR) is 82.4 cm³/mol. The number of benzene rings is 1. The van der Waals surface area contributed by atoms with Gasteiger partial charge >= 0.3 is 0 Å². The van der Waals surface area contributed by atoms with Crippen molar-refractivity contribution in [1.29, 1.82) is 0 Å². The van der Waals surface area contributed by atoms with Crippen LogP contribution in [0.15, 0.2) is 42.6 Å². The van der Waals surface area contributed by atoms with Gasteiger partial charge in [0.15, 0.2) is 0 Å². The molecule has 2 aromatic rings. The highest BCUT2D eigenvalue weighted by molar-refractivity contribution is 5.89. The van der Waals surface area contributed by atoms with Crippen molar-refractivity contribution >= 4 is 11.7 Å². The van der Waals surface area contributed by atoms with E-state index >= 15 is 0 Å². The minimum Gasteiger partial charge on any atom is -0.493 e. The smallest absolute Gasteiger partial charge is 0.228 e. The van der Waals surface area contributed by atoms with E-state index < -0.39 is 0 Å². The van der Waals surface area contributed by atoms with E-state index in [0.29, 0.717) is 13.0 Å². The molecule has 21 heavy (non-hydrogen) atoms. The summed E-state index contributed by atoms with van der Waals surface area (Å²) < 4.78 is 7.34. The van der Waals surface area contributed by atoms with Gasteiger partial charge in [-0.3, -0.25) is 4.79 Å². The van der Waals surface area contributed by atoms with Crippen molar-refractivity contribution in [2.24, 2.45) is 0 Å². The summed E-state index contributed by atoms with van der Waals surface area (Å²) in [5.74, 6) is 1.43. The number of carbonyl (C=O) groups is 1. The third-order valence-corrected chi connectivity index (χ3v) is 3.29. The van der Waals surface area contributed by atoms with E-state index in [1.165, 1.54) is 0 Å². The normalized spacial score (nSPS) is 11.9. The summed E-state index contributed by atoms with van der Waals surface area (Å²) in [5.41, 5.74) is 0. The molecule has 0 saturated heterocycles. The summed E-state index contributed by atoms with van der Waals surface area (Å²) in [6, 6.07) is 11.5. The van der Waals surface area contributed by atoms with Gasteiger partial charge in [-0.2, -0.15) is 5.10 Å². The molecular formula is C16H21N3O2. The number of anilines is 1. The van der Waals surface area contributed by atoms with Crippen LogP contribution in [0.5, 0.6) is 5.75 Å². The van der Waals surface area contributed by atoms with Crippen molar-refractivity contribution in [2.45, 2.75) is 32.7 Å². The predicted octanol–water partition coefficient (Wildman–Crippen LogP) is 3.26. The fourth-order valence-electron chi connectivity index (χ4n) is 1.92. The van der Waals surface area contributed by atoms with E-state index in [0.717, 1.165) is 18.0 Å².